The summed E-state index contributed by atoms with van der Waals surface area (Å²) in [6, 6.07) is 12.3. The SMILES string of the molecule is N#Cc1ncc2nc(NCCc3ccccc3)n(C3CCCCO3)c2n1. The van der Waals surface area contributed by atoms with Crippen molar-refractivity contribution < 1.29 is 4.74 Å². The summed E-state index contributed by atoms with van der Waals surface area (Å²) >= 11 is 0. The molecule has 1 fully saturated rings. The fourth-order valence-electron chi connectivity index (χ4n) is 3.23. The molecule has 1 aliphatic heterocycles. The van der Waals surface area contributed by atoms with Crippen LogP contribution in [0.15, 0.2) is 36.5 Å². The second-order valence-electron chi connectivity index (χ2n) is 6.30. The van der Waals surface area contributed by atoms with Gasteiger partial charge < -0.3 is 10.1 Å². The number of hydrogen-bond acceptors (Lipinski definition) is 6. The Morgan fingerprint density at radius 2 is 2.12 bits per heavy atom. The molecule has 1 aliphatic rings. The Morgan fingerprint density at radius 3 is 2.88 bits per heavy atom. The molecule has 1 unspecified atom stereocenters. The van der Waals surface area contributed by atoms with Crippen LogP contribution in [-0.2, 0) is 11.2 Å². The van der Waals surface area contributed by atoms with Gasteiger partial charge in [-0.15, -0.1) is 0 Å². The van der Waals surface area contributed by atoms with Crippen LogP contribution in [-0.4, -0.2) is 32.7 Å². The Kier molecular flexibility index (Phi) is 4.75. The Balaban J connectivity index is 1.62. The van der Waals surface area contributed by atoms with Crippen molar-refractivity contribution in [1.29, 1.82) is 5.26 Å². The number of nitrogens with zero attached hydrogens (tertiary/aromatic N) is 5. The largest absolute Gasteiger partial charge is 0.358 e. The molecule has 0 radical (unpaired) electrons. The highest BCUT2D eigenvalue weighted by atomic mass is 16.5. The lowest BCUT2D eigenvalue weighted by Crippen LogP contribution is -2.21. The molecular weight excluding hydrogens is 328 g/mol. The number of fused-ring (bicyclic) bond motifs is 1. The summed E-state index contributed by atoms with van der Waals surface area (Å²) in [6.45, 7) is 1.47. The van der Waals surface area contributed by atoms with E-state index in [4.69, 9.17) is 10.00 Å². The number of ether oxygens (including phenoxy) is 1. The molecule has 0 amide bonds. The third-order valence-corrected chi connectivity index (χ3v) is 4.52. The molecule has 1 atom stereocenters. The maximum absolute atomic E-state index is 9.12. The van der Waals surface area contributed by atoms with Crippen LogP contribution >= 0.6 is 0 Å². The average molecular weight is 348 g/mol. The molecule has 1 aromatic carbocycles. The van der Waals surface area contributed by atoms with E-state index >= 15 is 0 Å². The third kappa shape index (κ3) is 3.37. The summed E-state index contributed by atoms with van der Waals surface area (Å²) < 4.78 is 7.92. The first kappa shape index (κ1) is 16.5. The van der Waals surface area contributed by atoms with Crippen LogP contribution in [0.25, 0.3) is 11.2 Å². The summed E-state index contributed by atoms with van der Waals surface area (Å²) in [6.07, 6.45) is 5.45. The smallest absolute Gasteiger partial charge is 0.234 e. The zero-order valence-electron chi connectivity index (χ0n) is 14.4. The summed E-state index contributed by atoms with van der Waals surface area (Å²) in [4.78, 5) is 13.0. The standard InChI is InChI=1S/C19H20N6O/c20-12-16-22-13-15-18(24-16)25(17-8-4-5-11-26-17)19(23-15)21-10-9-14-6-2-1-3-7-14/h1-3,6-7,13,17H,4-5,8-11H2,(H,21,23). The number of hydrogen-bond donors (Lipinski definition) is 1. The van der Waals surface area contributed by atoms with E-state index in [0.29, 0.717) is 17.1 Å². The van der Waals surface area contributed by atoms with Gasteiger partial charge in [0.2, 0.25) is 11.8 Å². The first-order valence-corrected chi connectivity index (χ1v) is 8.89. The number of benzene rings is 1. The van der Waals surface area contributed by atoms with Crippen LogP contribution in [0, 0.1) is 11.3 Å². The highest BCUT2D eigenvalue weighted by molar-refractivity contribution is 5.74. The van der Waals surface area contributed by atoms with E-state index < -0.39 is 0 Å². The molecule has 3 aromatic rings. The molecular formula is C19H20N6O. The van der Waals surface area contributed by atoms with Gasteiger partial charge in [-0.2, -0.15) is 10.2 Å². The monoisotopic (exact) mass is 348 g/mol. The molecule has 3 heterocycles. The first-order valence-electron chi connectivity index (χ1n) is 8.89. The normalized spacial score (nSPS) is 17.1. The van der Waals surface area contributed by atoms with E-state index in [1.165, 1.54) is 5.56 Å². The van der Waals surface area contributed by atoms with Crippen LogP contribution < -0.4 is 5.32 Å². The minimum absolute atomic E-state index is 0.116. The lowest BCUT2D eigenvalue weighted by Gasteiger charge is -2.25. The van der Waals surface area contributed by atoms with Crippen molar-refractivity contribution in [2.45, 2.75) is 31.9 Å². The molecule has 132 valence electrons. The number of nitriles is 1. The predicted octanol–water partition coefficient (Wildman–Crippen LogP) is 3.05. The molecule has 0 saturated carbocycles. The van der Waals surface area contributed by atoms with E-state index in [1.54, 1.807) is 6.20 Å². The number of anilines is 1. The van der Waals surface area contributed by atoms with Gasteiger partial charge in [-0.05, 0) is 31.2 Å². The Morgan fingerprint density at radius 1 is 1.23 bits per heavy atom. The minimum Gasteiger partial charge on any atom is -0.358 e. The average Bonchev–Trinajstić information content (AvgIpc) is 3.06. The Hall–Kier alpha value is -2.98. The van der Waals surface area contributed by atoms with Crippen LogP contribution in [0.5, 0.6) is 0 Å². The third-order valence-electron chi connectivity index (χ3n) is 4.52. The molecule has 1 N–H and O–H groups in total. The maximum atomic E-state index is 9.12. The molecule has 2 aromatic heterocycles. The fraction of sp³-hybridized carbons (Fsp3) is 0.368. The molecule has 26 heavy (non-hydrogen) atoms. The quantitative estimate of drug-likeness (QED) is 0.762. The van der Waals surface area contributed by atoms with Crippen molar-refractivity contribution in [3.8, 4) is 6.07 Å². The van der Waals surface area contributed by atoms with Crippen LogP contribution in [0.4, 0.5) is 5.95 Å². The second-order valence-corrected chi connectivity index (χ2v) is 6.30. The molecule has 0 spiro atoms. The van der Waals surface area contributed by atoms with Gasteiger partial charge in [-0.1, -0.05) is 30.3 Å². The van der Waals surface area contributed by atoms with Gasteiger partial charge in [0.25, 0.3) is 0 Å². The molecule has 0 bridgehead atoms. The van der Waals surface area contributed by atoms with Crippen LogP contribution in [0.1, 0.15) is 36.9 Å². The summed E-state index contributed by atoms with van der Waals surface area (Å²) in [7, 11) is 0. The lowest BCUT2D eigenvalue weighted by molar-refractivity contribution is -0.0285. The van der Waals surface area contributed by atoms with Gasteiger partial charge in [0.15, 0.2) is 5.65 Å². The zero-order valence-corrected chi connectivity index (χ0v) is 14.4. The zero-order chi connectivity index (χ0) is 17.8. The lowest BCUT2D eigenvalue weighted by atomic mass is 10.1. The minimum atomic E-state index is -0.116. The van der Waals surface area contributed by atoms with Gasteiger partial charge in [0.05, 0.1) is 6.20 Å². The Bertz CT molecular complexity index is 924. The van der Waals surface area contributed by atoms with E-state index in [0.717, 1.165) is 38.8 Å². The van der Waals surface area contributed by atoms with Gasteiger partial charge in [0.1, 0.15) is 17.8 Å². The molecule has 4 rings (SSSR count). The van der Waals surface area contributed by atoms with Crippen molar-refractivity contribution >= 4 is 17.1 Å². The van der Waals surface area contributed by atoms with Crippen molar-refractivity contribution in [2.24, 2.45) is 0 Å². The maximum Gasteiger partial charge on any atom is 0.234 e. The number of imidazole rings is 1. The van der Waals surface area contributed by atoms with Crippen LogP contribution in [0.3, 0.4) is 0 Å². The van der Waals surface area contributed by atoms with Crippen LogP contribution in [0.2, 0.25) is 0 Å². The summed E-state index contributed by atoms with van der Waals surface area (Å²) in [5.41, 5.74) is 2.58. The van der Waals surface area contributed by atoms with Crippen molar-refractivity contribution in [3.05, 3.63) is 47.9 Å². The van der Waals surface area contributed by atoms with E-state index in [9.17, 15) is 0 Å². The van der Waals surface area contributed by atoms with E-state index in [2.05, 4.69) is 32.4 Å². The fourth-order valence-corrected chi connectivity index (χ4v) is 3.23. The summed E-state index contributed by atoms with van der Waals surface area (Å²) in [5, 5.41) is 12.5. The van der Waals surface area contributed by atoms with Crippen molar-refractivity contribution in [3.63, 3.8) is 0 Å². The molecule has 1 saturated heterocycles. The van der Waals surface area contributed by atoms with Gasteiger partial charge in [-0.25, -0.2) is 9.97 Å². The highest BCUT2D eigenvalue weighted by Gasteiger charge is 2.23. The number of aromatic nitrogens is 4. The predicted molar refractivity (Wildman–Crippen MR) is 97.5 cm³/mol. The van der Waals surface area contributed by atoms with Gasteiger partial charge in [-0.3, -0.25) is 4.57 Å². The molecule has 0 aliphatic carbocycles. The molecule has 7 nitrogen and oxygen atoms in total. The number of rotatable bonds is 5. The summed E-state index contributed by atoms with van der Waals surface area (Å²) in [5.74, 6) is 0.859. The second kappa shape index (κ2) is 7.50. The first-order chi connectivity index (χ1) is 12.8. The van der Waals surface area contributed by atoms with E-state index in [1.807, 2.05) is 28.8 Å². The molecule has 7 heteroatoms. The van der Waals surface area contributed by atoms with Gasteiger partial charge >= 0.3 is 0 Å². The van der Waals surface area contributed by atoms with Crippen molar-refractivity contribution in [2.75, 3.05) is 18.5 Å². The highest BCUT2D eigenvalue weighted by Crippen LogP contribution is 2.29. The van der Waals surface area contributed by atoms with E-state index in [-0.39, 0.29) is 12.1 Å². The Labute approximate surface area is 151 Å². The number of nitrogens with one attached hydrogen (secondary N) is 1. The topological polar surface area (TPSA) is 88.7 Å². The van der Waals surface area contributed by atoms with Crippen molar-refractivity contribution in [1.82, 2.24) is 19.5 Å². The van der Waals surface area contributed by atoms with Gasteiger partial charge in [0, 0.05) is 13.2 Å².